The molecule has 1 atom stereocenters. The molecule has 0 spiro atoms. The number of hydrogen-bond donors (Lipinski definition) is 2. The number of hydrazine groups is 1. The van der Waals surface area contributed by atoms with Crippen LogP contribution in [0.2, 0.25) is 5.02 Å². The van der Waals surface area contributed by atoms with Crippen molar-refractivity contribution in [3.63, 3.8) is 0 Å². The maximum atomic E-state index is 12.9. The third-order valence-electron chi connectivity index (χ3n) is 3.00. The van der Waals surface area contributed by atoms with Crippen LogP contribution in [0.3, 0.4) is 0 Å². The molecule has 0 saturated carbocycles. The zero-order valence-corrected chi connectivity index (χ0v) is 10.4. The topological polar surface area (TPSA) is 38.0 Å². The molecule has 0 fully saturated rings. The Balaban J connectivity index is 3.03. The summed E-state index contributed by atoms with van der Waals surface area (Å²) in [6.45, 7) is 4.21. The van der Waals surface area contributed by atoms with E-state index in [4.69, 9.17) is 17.4 Å². The summed E-state index contributed by atoms with van der Waals surface area (Å²) in [5.74, 6) is 5.63. The van der Waals surface area contributed by atoms with E-state index in [9.17, 15) is 4.39 Å². The van der Waals surface area contributed by atoms with Gasteiger partial charge in [0.25, 0.3) is 0 Å². The van der Waals surface area contributed by atoms with Crippen molar-refractivity contribution in [2.45, 2.75) is 32.7 Å². The standard InChI is InChI=1S/C12H18ClFN2/c1-3-8(4-2)12(16-15)10-6-5-9(14)7-11(10)13/h5-8,12,16H,3-4,15H2,1-2H3. The molecule has 4 heteroatoms. The molecule has 0 amide bonds. The second-order valence-corrected chi connectivity index (χ2v) is 4.29. The average molecular weight is 245 g/mol. The molecule has 90 valence electrons. The maximum absolute atomic E-state index is 12.9. The van der Waals surface area contributed by atoms with Gasteiger partial charge in [0.1, 0.15) is 5.82 Å². The molecule has 3 N–H and O–H groups in total. The highest BCUT2D eigenvalue weighted by atomic mass is 35.5. The van der Waals surface area contributed by atoms with Gasteiger partial charge in [0.2, 0.25) is 0 Å². The van der Waals surface area contributed by atoms with Gasteiger partial charge in [-0.1, -0.05) is 44.4 Å². The van der Waals surface area contributed by atoms with Gasteiger partial charge in [-0.15, -0.1) is 0 Å². The largest absolute Gasteiger partial charge is 0.271 e. The van der Waals surface area contributed by atoms with Gasteiger partial charge in [-0.2, -0.15) is 0 Å². The number of nitrogens with one attached hydrogen (secondary N) is 1. The lowest BCUT2D eigenvalue weighted by atomic mass is 9.89. The van der Waals surface area contributed by atoms with E-state index >= 15 is 0 Å². The fourth-order valence-electron chi connectivity index (χ4n) is 1.99. The first-order chi connectivity index (χ1) is 7.63. The van der Waals surface area contributed by atoms with Crippen LogP contribution in [0.5, 0.6) is 0 Å². The molecule has 0 aliphatic carbocycles. The van der Waals surface area contributed by atoms with Gasteiger partial charge < -0.3 is 0 Å². The summed E-state index contributed by atoms with van der Waals surface area (Å²) < 4.78 is 12.9. The van der Waals surface area contributed by atoms with Gasteiger partial charge >= 0.3 is 0 Å². The van der Waals surface area contributed by atoms with Crippen LogP contribution in [0.25, 0.3) is 0 Å². The zero-order chi connectivity index (χ0) is 12.1. The average Bonchev–Trinajstić information content (AvgIpc) is 2.27. The van der Waals surface area contributed by atoms with Gasteiger partial charge in [-0.25, -0.2) is 4.39 Å². The Morgan fingerprint density at radius 3 is 2.44 bits per heavy atom. The Morgan fingerprint density at radius 2 is 2.00 bits per heavy atom. The highest BCUT2D eigenvalue weighted by Crippen LogP contribution is 2.31. The monoisotopic (exact) mass is 244 g/mol. The molecular weight excluding hydrogens is 227 g/mol. The highest BCUT2D eigenvalue weighted by Gasteiger charge is 2.21. The molecule has 16 heavy (non-hydrogen) atoms. The molecule has 0 heterocycles. The fraction of sp³-hybridized carbons (Fsp3) is 0.500. The highest BCUT2D eigenvalue weighted by molar-refractivity contribution is 6.31. The molecule has 0 aliphatic heterocycles. The Labute approximate surface area is 101 Å². The van der Waals surface area contributed by atoms with E-state index in [0.717, 1.165) is 18.4 Å². The molecule has 0 bridgehead atoms. The van der Waals surface area contributed by atoms with E-state index in [1.54, 1.807) is 6.07 Å². The van der Waals surface area contributed by atoms with E-state index < -0.39 is 0 Å². The third kappa shape index (κ3) is 2.94. The summed E-state index contributed by atoms with van der Waals surface area (Å²) in [4.78, 5) is 0. The van der Waals surface area contributed by atoms with E-state index in [2.05, 4.69) is 19.3 Å². The van der Waals surface area contributed by atoms with Crippen molar-refractivity contribution < 1.29 is 4.39 Å². The lowest BCUT2D eigenvalue weighted by molar-refractivity contribution is 0.345. The van der Waals surface area contributed by atoms with Gasteiger partial charge in [0.05, 0.1) is 6.04 Å². The Bertz CT molecular complexity index is 340. The first kappa shape index (κ1) is 13.4. The predicted molar refractivity (Wildman–Crippen MR) is 65.5 cm³/mol. The summed E-state index contributed by atoms with van der Waals surface area (Å²) >= 11 is 6.03. The van der Waals surface area contributed by atoms with E-state index in [-0.39, 0.29) is 11.9 Å². The first-order valence-electron chi connectivity index (χ1n) is 5.55. The van der Waals surface area contributed by atoms with Crippen LogP contribution in [0.4, 0.5) is 4.39 Å². The van der Waals surface area contributed by atoms with Gasteiger partial charge in [-0.05, 0) is 23.6 Å². The number of hydrogen-bond acceptors (Lipinski definition) is 2. The van der Waals surface area contributed by atoms with Crippen LogP contribution >= 0.6 is 11.6 Å². The Hall–Kier alpha value is -0.640. The Kier molecular flexibility index (Phi) is 5.19. The van der Waals surface area contributed by atoms with Crippen molar-refractivity contribution in [3.05, 3.63) is 34.6 Å². The van der Waals surface area contributed by atoms with Crippen LogP contribution in [0.15, 0.2) is 18.2 Å². The third-order valence-corrected chi connectivity index (χ3v) is 3.32. The summed E-state index contributed by atoms with van der Waals surface area (Å²) in [6, 6.07) is 4.40. The number of rotatable bonds is 5. The molecule has 1 aromatic rings. The molecule has 1 rings (SSSR count). The van der Waals surface area contributed by atoms with Crippen molar-refractivity contribution in [1.82, 2.24) is 5.43 Å². The van der Waals surface area contributed by atoms with Crippen LogP contribution in [-0.4, -0.2) is 0 Å². The van der Waals surface area contributed by atoms with Gasteiger partial charge in [0, 0.05) is 5.02 Å². The van der Waals surface area contributed by atoms with Crippen LogP contribution < -0.4 is 11.3 Å². The van der Waals surface area contributed by atoms with Crippen LogP contribution in [-0.2, 0) is 0 Å². The summed E-state index contributed by atoms with van der Waals surface area (Å²) in [5.41, 5.74) is 3.63. The first-order valence-corrected chi connectivity index (χ1v) is 5.92. The van der Waals surface area contributed by atoms with Crippen molar-refractivity contribution >= 4 is 11.6 Å². The van der Waals surface area contributed by atoms with E-state index in [1.165, 1.54) is 12.1 Å². The molecule has 1 aromatic carbocycles. The minimum atomic E-state index is -0.325. The molecule has 0 aromatic heterocycles. The Morgan fingerprint density at radius 1 is 1.38 bits per heavy atom. The second kappa shape index (κ2) is 6.18. The van der Waals surface area contributed by atoms with E-state index in [1.807, 2.05) is 0 Å². The molecule has 1 unspecified atom stereocenters. The SMILES string of the molecule is CCC(CC)C(NN)c1ccc(F)cc1Cl. The molecule has 0 saturated heterocycles. The predicted octanol–water partition coefficient (Wildman–Crippen LogP) is 3.42. The number of nitrogens with two attached hydrogens (primary N) is 1. The van der Waals surface area contributed by atoms with Crippen molar-refractivity contribution in [1.29, 1.82) is 0 Å². The van der Waals surface area contributed by atoms with E-state index in [0.29, 0.717) is 10.9 Å². The zero-order valence-electron chi connectivity index (χ0n) is 9.63. The van der Waals surface area contributed by atoms with Crippen molar-refractivity contribution in [2.24, 2.45) is 11.8 Å². The molecular formula is C12H18ClFN2. The van der Waals surface area contributed by atoms with Crippen molar-refractivity contribution in [2.75, 3.05) is 0 Å². The summed E-state index contributed by atoms with van der Waals surface area (Å²) in [6.07, 6.45) is 2.00. The van der Waals surface area contributed by atoms with Gasteiger partial charge in [0.15, 0.2) is 0 Å². The van der Waals surface area contributed by atoms with Crippen LogP contribution in [0, 0.1) is 11.7 Å². The lowest BCUT2D eigenvalue weighted by Gasteiger charge is -2.25. The molecule has 2 nitrogen and oxygen atoms in total. The molecule has 0 aliphatic rings. The quantitative estimate of drug-likeness (QED) is 0.615. The summed E-state index contributed by atoms with van der Waals surface area (Å²) in [7, 11) is 0. The normalized spacial score (nSPS) is 13.1. The second-order valence-electron chi connectivity index (χ2n) is 3.89. The van der Waals surface area contributed by atoms with Crippen LogP contribution in [0.1, 0.15) is 38.3 Å². The minimum Gasteiger partial charge on any atom is -0.271 e. The maximum Gasteiger partial charge on any atom is 0.124 e. The lowest BCUT2D eigenvalue weighted by Crippen LogP contribution is -2.33. The number of benzene rings is 1. The molecule has 0 radical (unpaired) electrons. The minimum absolute atomic E-state index is 0.0249. The van der Waals surface area contributed by atoms with Gasteiger partial charge in [-0.3, -0.25) is 11.3 Å². The fourth-order valence-corrected chi connectivity index (χ4v) is 2.28. The van der Waals surface area contributed by atoms with Crippen molar-refractivity contribution in [3.8, 4) is 0 Å². The summed E-state index contributed by atoms with van der Waals surface area (Å²) in [5, 5.41) is 0.426. The smallest absolute Gasteiger partial charge is 0.124 e. The number of halogens is 2.